The smallest absolute Gasteiger partial charge is 0.426 e. The number of alkyl halides is 2. The van der Waals surface area contributed by atoms with Crippen LogP contribution in [-0.2, 0) is 12.5 Å². The molecule has 0 saturated heterocycles. The summed E-state index contributed by atoms with van der Waals surface area (Å²) in [5.41, 5.74) is 0.572. The normalized spacial score (nSPS) is 25.4. The summed E-state index contributed by atoms with van der Waals surface area (Å²) in [4.78, 5) is 0. The lowest BCUT2D eigenvalue weighted by molar-refractivity contribution is -0.185. The number of rotatable bonds is 9. The molecule has 2 aromatic carbocycles. The Hall–Kier alpha value is -1.68. The largest absolute Gasteiger partial charge is 0.429 e. The van der Waals surface area contributed by atoms with E-state index in [0.717, 1.165) is 54.2 Å². The summed E-state index contributed by atoms with van der Waals surface area (Å²) in [7, 11) is 0. The second-order valence-electron chi connectivity index (χ2n) is 10.8. The number of hydrogen-bond donors (Lipinski definition) is 0. The summed E-state index contributed by atoms with van der Waals surface area (Å²) >= 11 is 5.59. The van der Waals surface area contributed by atoms with Crippen molar-refractivity contribution in [1.82, 2.24) is 0 Å². The van der Waals surface area contributed by atoms with Crippen LogP contribution < -0.4 is 4.74 Å². The van der Waals surface area contributed by atoms with Crippen molar-refractivity contribution in [3.63, 3.8) is 0 Å². The first-order chi connectivity index (χ1) is 16.8. The van der Waals surface area contributed by atoms with Gasteiger partial charge in [0.1, 0.15) is 11.6 Å². The molecule has 4 rings (SSSR count). The molecular weight excluding hydrogens is 469 g/mol. The van der Waals surface area contributed by atoms with Crippen LogP contribution in [0.2, 0.25) is 5.02 Å². The zero-order chi connectivity index (χ0) is 24.8. The van der Waals surface area contributed by atoms with E-state index >= 15 is 0 Å². The Morgan fingerprint density at radius 2 is 1.40 bits per heavy atom. The first-order valence-electron chi connectivity index (χ1n) is 13.5. The van der Waals surface area contributed by atoms with Crippen LogP contribution in [0.15, 0.2) is 42.5 Å². The Morgan fingerprint density at radius 1 is 0.829 bits per heavy atom. The standard InChI is InChI=1S/C30H38ClF3O/c1-2-3-21-6-12-24(13-7-21)25-14-8-22(9-15-25)4-5-23-10-17-27(18-11-23)35-30(33,34)26-16-19-28(31)29(32)20-26/h10-11,16-22,24-25H,2-9,12-15H2,1H3. The van der Waals surface area contributed by atoms with Gasteiger partial charge in [0.2, 0.25) is 0 Å². The van der Waals surface area contributed by atoms with Gasteiger partial charge in [-0.05, 0) is 98.1 Å². The molecule has 2 aliphatic carbocycles. The van der Waals surface area contributed by atoms with E-state index in [2.05, 4.69) is 6.92 Å². The van der Waals surface area contributed by atoms with Gasteiger partial charge in [-0.2, -0.15) is 8.78 Å². The molecule has 0 unspecified atom stereocenters. The molecule has 0 N–H and O–H groups in total. The van der Waals surface area contributed by atoms with Gasteiger partial charge < -0.3 is 4.74 Å². The molecule has 0 aliphatic heterocycles. The molecule has 2 saturated carbocycles. The molecule has 0 heterocycles. The molecule has 2 aromatic rings. The molecular formula is C30H38ClF3O. The summed E-state index contributed by atoms with van der Waals surface area (Å²) < 4.78 is 47.3. The lowest BCUT2D eigenvalue weighted by Gasteiger charge is -2.38. The second kappa shape index (κ2) is 12.0. The maximum Gasteiger partial charge on any atom is 0.426 e. The fraction of sp³-hybridized carbons (Fsp3) is 0.600. The van der Waals surface area contributed by atoms with E-state index in [1.165, 1.54) is 64.2 Å². The van der Waals surface area contributed by atoms with Gasteiger partial charge in [0, 0.05) is 0 Å². The van der Waals surface area contributed by atoms with Gasteiger partial charge in [0.15, 0.2) is 0 Å². The molecule has 0 radical (unpaired) electrons. The van der Waals surface area contributed by atoms with Crippen LogP contribution in [-0.4, -0.2) is 0 Å². The summed E-state index contributed by atoms with van der Waals surface area (Å²) in [6.07, 6.45) is 12.4. The predicted octanol–water partition coefficient (Wildman–Crippen LogP) is 9.95. The summed E-state index contributed by atoms with van der Waals surface area (Å²) in [5.74, 6) is 2.80. The molecule has 1 nitrogen and oxygen atoms in total. The minimum absolute atomic E-state index is 0.0586. The van der Waals surface area contributed by atoms with E-state index in [0.29, 0.717) is 6.07 Å². The van der Waals surface area contributed by atoms with Crippen molar-refractivity contribution in [3.8, 4) is 5.75 Å². The van der Waals surface area contributed by atoms with E-state index in [4.69, 9.17) is 16.3 Å². The zero-order valence-corrected chi connectivity index (χ0v) is 21.5. The van der Waals surface area contributed by atoms with Gasteiger partial charge >= 0.3 is 6.11 Å². The molecule has 35 heavy (non-hydrogen) atoms. The minimum atomic E-state index is -3.64. The minimum Gasteiger partial charge on any atom is -0.429 e. The number of benzene rings is 2. The third kappa shape index (κ3) is 7.18. The van der Waals surface area contributed by atoms with Crippen molar-refractivity contribution < 1.29 is 17.9 Å². The summed E-state index contributed by atoms with van der Waals surface area (Å²) in [5, 5.41) is -0.197. The monoisotopic (exact) mass is 506 g/mol. The average Bonchev–Trinajstić information content (AvgIpc) is 2.86. The quantitative estimate of drug-likeness (QED) is 0.328. The Kier molecular flexibility index (Phi) is 9.07. The fourth-order valence-electron chi connectivity index (χ4n) is 6.28. The Labute approximate surface area is 213 Å². The van der Waals surface area contributed by atoms with Crippen LogP contribution in [0.25, 0.3) is 0 Å². The topological polar surface area (TPSA) is 9.23 Å². The lowest BCUT2D eigenvalue weighted by atomic mass is 9.68. The van der Waals surface area contributed by atoms with Crippen molar-refractivity contribution in [2.75, 3.05) is 0 Å². The maximum atomic E-state index is 14.4. The van der Waals surface area contributed by atoms with E-state index in [9.17, 15) is 13.2 Å². The Bertz CT molecular complexity index is 929. The van der Waals surface area contributed by atoms with Gasteiger partial charge in [-0.1, -0.05) is 69.2 Å². The number of ether oxygens (including phenoxy) is 1. The first kappa shape index (κ1) is 26.4. The first-order valence-corrected chi connectivity index (χ1v) is 13.8. The second-order valence-corrected chi connectivity index (χ2v) is 11.2. The average molecular weight is 507 g/mol. The highest BCUT2D eigenvalue weighted by Gasteiger charge is 2.35. The van der Waals surface area contributed by atoms with Gasteiger partial charge in [-0.25, -0.2) is 4.39 Å². The third-order valence-corrected chi connectivity index (χ3v) is 8.72. The molecule has 2 aliphatic rings. The van der Waals surface area contributed by atoms with Crippen molar-refractivity contribution in [2.45, 2.75) is 90.1 Å². The fourth-order valence-corrected chi connectivity index (χ4v) is 6.40. The molecule has 192 valence electrons. The molecule has 2 fully saturated rings. The van der Waals surface area contributed by atoms with E-state index < -0.39 is 17.5 Å². The highest BCUT2D eigenvalue weighted by Crippen LogP contribution is 2.43. The number of halogens is 4. The molecule has 0 bridgehead atoms. The van der Waals surface area contributed by atoms with E-state index in [1.807, 2.05) is 12.1 Å². The number of hydrogen-bond acceptors (Lipinski definition) is 1. The summed E-state index contributed by atoms with van der Waals surface area (Å²) in [6.45, 7) is 2.31. The highest BCUT2D eigenvalue weighted by atomic mass is 35.5. The molecule has 5 heteroatoms. The Morgan fingerprint density at radius 3 is 1.94 bits per heavy atom. The van der Waals surface area contributed by atoms with Crippen molar-refractivity contribution in [1.29, 1.82) is 0 Å². The third-order valence-electron chi connectivity index (χ3n) is 8.41. The van der Waals surface area contributed by atoms with Crippen LogP contribution >= 0.6 is 11.6 Å². The highest BCUT2D eigenvalue weighted by molar-refractivity contribution is 6.30. The van der Waals surface area contributed by atoms with E-state index in [-0.39, 0.29) is 10.8 Å². The molecule has 0 amide bonds. The van der Waals surface area contributed by atoms with Crippen molar-refractivity contribution >= 4 is 11.6 Å². The molecule has 0 spiro atoms. The van der Waals surface area contributed by atoms with Crippen LogP contribution in [0.3, 0.4) is 0 Å². The van der Waals surface area contributed by atoms with Crippen molar-refractivity contribution in [3.05, 3.63) is 64.4 Å². The van der Waals surface area contributed by atoms with Gasteiger partial charge in [-0.15, -0.1) is 0 Å². The number of aryl methyl sites for hydroxylation is 1. The van der Waals surface area contributed by atoms with E-state index in [1.54, 1.807) is 12.1 Å². The van der Waals surface area contributed by atoms with Crippen LogP contribution in [0.1, 0.15) is 88.7 Å². The van der Waals surface area contributed by atoms with Crippen LogP contribution in [0, 0.1) is 29.5 Å². The molecule has 0 atom stereocenters. The zero-order valence-electron chi connectivity index (χ0n) is 20.8. The van der Waals surface area contributed by atoms with Gasteiger partial charge in [0.05, 0.1) is 10.6 Å². The predicted molar refractivity (Wildman–Crippen MR) is 136 cm³/mol. The molecule has 0 aromatic heterocycles. The van der Waals surface area contributed by atoms with Crippen molar-refractivity contribution in [2.24, 2.45) is 23.7 Å². The lowest BCUT2D eigenvalue weighted by Crippen LogP contribution is -2.26. The van der Waals surface area contributed by atoms with Crippen LogP contribution in [0.4, 0.5) is 13.2 Å². The van der Waals surface area contributed by atoms with Crippen LogP contribution in [0.5, 0.6) is 5.75 Å². The SMILES string of the molecule is CCCC1CCC(C2CCC(CCc3ccc(OC(F)(F)c4ccc(Cl)c(F)c4)cc3)CC2)CC1. The summed E-state index contributed by atoms with van der Waals surface area (Å²) in [6, 6.07) is 9.75. The van der Waals surface area contributed by atoms with Gasteiger partial charge in [-0.3, -0.25) is 0 Å². The van der Waals surface area contributed by atoms with Gasteiger partial charge in [0.25, 0.3) is 0 Å². The maximum absolute atomic E-state index is 14.4. The Balaban J connectivity index is 1.20.